The molecule has 10 aromatic carbocycles. The summed E-state index contributed by atoms with van der Waals surface area (Å²) in [6.07, 6.45) is 0. The maximum atomic E-state index is 5.52. The normalized spacial score (nSPS) is 12.7. The molecule has 0 atom stereocenters. The fraction of sp³-hybridized carbons (Fsp3) is 0.0169. The summed E-state index contributed by atoms with van der Waals surface area (Å²) in [5, 5.41) is 7.47. The van der Waals surface area contributed by atoms with E-state index in [1.54, 1.807) is 0 Å². The van der Waals surface area contributed by atoms with Gasteiger partial charge in [-0.3, -0.25) is 0 Å². The molecule has 0 amide bonds. The van der Waals surface area contributed by atoms with Gasteiger partial charge in [0.2, 0.25) is 0 Å². The summed E-state index contributed by atoms with van der Waals surface area (Å²) in [6.45, 7) is 0. The minimum absolute atomic E-state index is 0.573. The fourth-order valence-electron chi connectivity index (χ4n) is 10.1. The minimum atomic E-state index is -0.573. The van der Waals surface area contributed by atoms with E-state index < -0.39 is 5.41 Å². The quantitative estimate of drug-likeness (QED) is 0.124. The molecule has 0 fully saturated rings. The molecule has 1 aromatic heterocycles. The van der Waals surface area contributed by atoms with Crippen LogP contribution in [0.3, 0.4) is 0 Å². The van der Waals surface area contributed by atoms with Gasteiger partial charge in [-0.1, -0.05) is 218 Å². The summed E-state index contributed by atoms with van der Waals surface area (Å²) in [5.41, 5.74) is 14.1. The Kier molecular flexibility index (Phi) is 8.11. The summed E-state index contributed by atoms with van der Waals surface area (Å²) in [6, 6.07) is 83.4. The highest BCUT2D eigenvalue weighted by molar-refractivity contribution is 6.22. The molecule has 1 aliphatic carbocycles. The summed E-state index contributed by atoms with van der Waals surface area (Å²) in [4.78, 5) is 10.8. The predicted molar refractivity (Wildman–Crippen MR) is 254 cm³/mol. The number of fused-ring (bicyclic) bond motifs is 7. The van der Waals surface area contributed by atoms with Crippen LogP contribution in [0.4, 0.5) is 0 Å². The van der Waals surface area contributed by atoms with Gasteiger partial charge in [0.15, 0.2) is 5.82 Å². The zero-order valence-corrected chi connectivity index (χ0v) is 33.3. The highest BCUT2D eigenvalue weighted by Crippen LogP contribution is 2.58. The van der Waals surface area contributed by atoms with Crippen molar-refractivity contribution < 1.29 is 0 Å². The van der Waals surface area contributed by atoms with Gasteiger partial charge in [-0.2, -0.15) is 0 Å². The summed E-state index contributed by atoms with van der Waals surface area (Å²) >= 11 is 0. The number of rotatable bonds is 6. The zero-order chi connectivity index (χ0) is 40.3. The van der Waals surface area contributed by atoms with Crippen molar-refractivity contribution in [3.8, 4) is 56.2 Å². The number of hydrogen-bond acceptors (Lipinski definition) is 2. The molecule has 0 unspecified atom stereocenters. The Morgan fingerprint density at radius 3 is 1.64 bits per heavy atom. The molecule has 1 aliphatic rings. The largest absolute Gasteiger partial charge is 0.228 e. The molecule has 0 saturated carbocycles. The maximum Gasteiger partial charge on any atom is 0.160 e. The van der Waals surface area contributed by atoms with Gasteiger partial charge in [-0.05, 0) is 89.0 Å². The van der Waals surface area contributed by atoms with Gasteiger partial charge in [0.25, 0.3) is 0 Å². The SMILES string of the molecule is c1ccc(-c2cc(-c3cccc4c3C(c3ccccc3)(c3ccccc3)c3ccccc3-4)nc(-c3ccc(-c4c5ccccc5cc5ccc6ccccc6c45)cc3)n2)cc1. The number of hydrogen-bond donors (Lipinski definition) is 0. The lowest BCUT2D eigenvalue weighted by molar-refractivity contribution is 0.769. The molecular formula is C59H38N2. The van der Waals surface area contributed by atoms with Crippen molar-refractivity contribution in [3.05, 3.63) is 253 Å². The molecule has 284 valence electrons. The van der Waals surface area contributed by atoms with E-state index in [1.165, 1.54) is 71.3 Å². The van der Waals surface area contributed by atoms with Gasteiger partial charge in [0, 0.05) is 16.7 Å². The van der Waals surface area contributed by atoms with Gasteiger partial charge >= 0.3 is 0 Å². The second-order valence-corrected chi connectivity index (χ2v) is 16.0. The third-order valence-electron chi connectivity index (χ3n) is 12.7. The van der Waals surface area contributed by atoms with E-state index in [2.05, 4.69) is 231 Å². The van der Waals surface area contributed by atoms with E-state index in [9.17, 15) is 0 Å². The van der Waals surface area contributed by atoms with Crippen LogP contribution in [0.15, 0.2) is 231 Å². The molecule has 1 heterocycles. The number of nitrogens with zero attached hydrogens (tertiary/aromatic N) is 2. The third-order valence-corrected chi connectivity index (χ3v) is 12.7. The molecule has 2 nitrogen and oxygen atoms in total. The van der Waals surface area contributed by atoms with Gasteiger partial charge in [0.05, 0.1) is 16.8 Å². The average molecular weight is 775 g/mol. The molecule has 0 spiro atoms. The zero-order valence-electron chi connectivity index (χ0n) is 33.3. The van der Waals surface area contributed by atoms with Gasteiger partial charge in [-0.15, -0.1) is 0 Å². The number of benzene rings is 10. The Bertz CT molecular complexity index is 3410. The van der Waals surface area contributed by atoms with Crippen molar-refractivity contribution in [2.24, 2.45) is 0 Å². The third kappa shape index (κ3) is 5.50. The summed E-state index contributed by atoms with van der Waals surface area (Å²) < 4.78 is 0. The summed E-state index contributed by atoms with van der Waals surface area (Å²) in [7, 11) is 0. The van der Waals surface area contributed by atoms with E-state index in [-0.39, 0.29) is 0 Å². The first-order valence-electron chi connectivity index (χ1n) is 21.0. The molecular weight excluding hydrogens is 737 g/mol. The highest BCUT2D eigenvalue weighted by Gasteiger charge is 2.47. The van der Waals surface area contributed by atoms with Crippen LogP contribution < -0.4 is 0 Å². The minimum Gasteiger partial charge on any atom is -0.228 e. The van der Waals surface area contributed by atoms with Crippen molar-refractivity contribution in [1.29, 1.82) is 0 Å². The first-order valence-corrected chi connectivity index (χ1v) is 21.0. The van der Waals surface area contributed by atoms with E-state index in [0.29, 0.717) is 5.82 Å². The van der Waals surface area contributed by atoms with Crippen molar-refractivity contribution in [1.82, 2.24) is 9.97 Å². The standard InChI is InChI=1S/C59H38N2/c1-4-18-40(19-5-1)53-38-54(51-29-16-28-50-49-27-14-15-30-52(49)59(57(50)51,45-21-6-2-7-22-45)46-23-8-3-9-24-46)61-58(60-53)42-34-32-41(33-35-42)55-48-26-13-11-20-43(48)37-44-36-31-39-17-10-12-25-47(39)56(44)55/h1-38H. The van der Waals surface area contributed by atoms with E-state index in [4.69, 9.17) is 9.97 Å². The van der Waals surface area contributed by atoms with Crippen LogP contribution in [-0.4, -0.2) is 9.97 Å². The van der Waals surface area contributed by atoms with Gasteiger partial charge in [0.1, 0.15) is 0 Å². The van der Waals surface area contributed by atoms with Crippen LogP contribution in [-0.2, 0) is 5.41 Å². The van der Waals surface area contributed by atoms with Crippen LogP contribution in [0, 0.1) is 0 Å². The maximum absolute atomic E-state index is 5.52. The number of aromatic nitrogens is 2. The topological polar surface area (TPSA) is 25.8 Å². The molecule has 61 heavy (non-hydrogen) atoms. The molecule has 2 heteroatoms. The Labute approximate surface area is 355 Å². The lowest BCUT2D eigenvalue weighted by atomic mass is 9.66. The van der Waals surface area contributed by atoms with Crippen LogP contribution >= 0.6 is 0 Å². The Morgan fingerprint density at radius 1 is 0.328 bits per heavy atom. The molecule has 0 radical (unpaired) electrons. The lowest BCUT2D eigenvalue weighted by Crippen LogP contribution is -2.29. The predicted octanol–water partition coefficient (Wildman–Crippen LogP) is 15.0. The van der Waals surface area contributed by atoms with Gasteiger partial charge in [-0.25, -0.2) is 9.97 Å². The van der Waals surface area contributed by atoms with Crippen molar-refractivity contribution >= 4 is 32.3 Å². The molecule has 0 N–H and O–H groups in total. The molecule has 0 saturated heterocycles. The van der Waals surface area contributed by atoms with Crippen molar-refractivity contribution in [2.75, 3.05) is 0 Å². The van der Waals surface area contributed by atoms with Crippen molar-refractivity contribution in [3.63, 3.8) is 0 Å². The van der Waals surface area contributed by atoms with Crippen molar-refractivity contribution in [2.45, 2.75) is 5.41 Å². The first-order chi connectivity index (χ1) is 30.3. The smallest absolute Gasteiger partial charge is 0.160 e. The van der Waals surface area contributed by atoms with Crippen LogP contribution in [0.25, 0.3) is 88.5 Å². The van der Waals surface area contributed by atoms with E-state index >= 15 is 0 Å². The molecule has 12 rings (SSSR count). The second-order valence-electron chi connectivity index (χ2n) is 16.0. The van der Waals surface area contributed by atoms with Crippen LogP contribution in [0.5, 0.6) is 0 Å². The van der Waals surface area contributed by atoms with Crippen LogP contribution in [0.1, 0.15) is 22.3 Å². The van der Waals surface area contributed by atoms with E-state index in [1.807, 2.05) is 0 Å². The van der Waals surface area contributed by atoms with E-state index in [0.717, 1.165) is 33.6 Å². The average Bonchev–Trinajstić information content (AvgIpc) is 3.65. The lowest BCUT2D eigenvalue weighted by Gasteiger charge is -2.35. The molecule has 11 aromatic rings. The monoisotopic (exact) mass is 774 g/mol. The van der Waals surface area contributed by atoms with Gasteiger partial charge < -0.3 is 0 Å². The van der Waals surface area contributed by atoms with Crippen LogP contribution in [0.2, 0.25) is 0 Å². The fourth-order valence-corrected chi connectivity index (χ4v) is 10.1. The molecule has 0 aliphatic heterocycles. The second kappa shape index (κ2) is 14.1. The summed E-state index contributed by atoms with van der Waals surface area (Å²) in [5.74, 6) is 0.689. The first kappa shape index (κ1) is 35.0. The highest BCUT2D eigenvalue weighted by atomic mass is 14.9. The molecule has 0 bridgehead atoms. The Balaban J connectivity index is 1.09. The Hall–Kier alpha value is -7.94. The Morgan fingerprint density at radius 2 is 0.885 bits per heavy atom.